The first-order chi connectivity index (χ1) is 9.95. The number of esters is 1. The summed E-state index contributed by atoms with van der Waals surface area (Å²) in [7, 11) is 1.50. The summed E-state index contributed by atoms with van der Waals surface area (Å²) in [6, 6.07) is 1.46. The second-order valence-corrected chi connectivity index (χ2v) is 7.92. The molecule has 1 saturated heterocycles. The number of ether oxygens (including phenoxy) is 2. The van der Waals surface area contributed by atoms with Crippen LogP contribution >= 0.6 is 10.7 Å². The van der Waals surface area contributed by atoms with Gasteiger partial charge in [-0.25, -0.2) is 13.2 Å². The van der Waals surface area contributed by atoms with Gasteiger partial charge in [0.15, 0.2) is 0 Å². The average Bonchev–Trinajstić information content (AvgIpc) is 3.16. The molecule has 1 aromatic rings. The van der Waals surface area contributed by atoms with Crippen molar-refractivity contribution in [2.45, 2.75) is 42.7 Å². The Morgan fingerprint density at radius 2 is 1.95 bits per heavy atom. The van der Waals surface area contributed by atoms with Crippen molar-refractivity contribution in [3.05, 3.63) is 18.0 Å². The van der Waals surface area contributed by atoms with Crippen LogP contribution in [-0.2, 0) is 18.5 Å². The maximum absolute atomic E-state index is 12.3. The van der Waals surface area contributed by atoms with Crippen LogP contribution in [-0.4, -0.2) is 38.3 Å². The predicted octanol–water partition coefficient (Wildman–Crippen LogP) is 2.09. The van der Waals surface area contributed by atoms with Crippen molar-refractivity contribution in [3.8, 4) is 0 Å². The van der Waals surface area contributed by atoms with Crippen molar-refractivity contribution in [2.75, 3.05) is 13.2 Å². The molecule has 0 amide bonds. The maximum atomic E-state index is 12.3. The molecular weight excluding hydrogens is 318 g/mol. The van der Waals surface area contributed by atoms with Gasteiger partial charge in [0.1, 0.15) is 16.7 Å². The molecule has 2 heterocycles. The first-order valence-electron chi connectivity index (χ1n) is 6.90. The lowest BCUT2D eigenvalue weighted by molar-refractivity contribution is -0.0166. The van der Waals surface area contributed by atoms with E-state index in [4.69, 9.17) is 20.2 Å². The Kier molecular flexibility index (Phi) is 3.98. The zero-order chi connectivity index (χ0) is 15.0. The number of hydrogen-bond acceptors (Lipinski definition) is 5. The Labute approximate surface area is 127 Å². The third-order valence-corrected chi connectivity index (χ3v) is 5.02. The van der Waals surface area contributed by atoms with E-state index in [0.29, 0.717) is 26.1 Å². The van der Waals surface area contributed by atoms with Gasteiger partial charge in [0.2, 0.25) is 0 Å². The molecule has 1 saturated carbocycles. The Hall–Kier alpha value is -1.05. The highest BCUT2D eigenvalue weighted by Crippen LogP contribution is 2.38. The summed E-state index contributed by atoms with van der Waals surface area (Å²) in [6.07, 6.45) is 4.42. The van der Waals surface area contributed by atoms with Crippen LogP contribution in [0, 0.1) is 0 Å². The molecule has 116 valence electrons. The van der Waals surface area contributed by atoms with E-state index in [2.05, 4.69) is 0 Å². The number of nitrogens with zero attached hydrogens (tertiary/aromatic N) is 1. The van der Waals surface area contributed by atoms with Gasteiger partial charge in [-0.1, -0.05) is 0 Å². The van der Waals surface area contributed by atoms with Gasteiger partial charge in [0, 0.05) is 35.8 Å². The molecule has 0 spiro atoms. The minimum Gasteiger partial charge on any atom is -0.458 e. The van der Waals surface area contributed by atoms with Crippen LogP contribution in [0.15, 0.2) is 17.2 Å². The van der Waals surface area contributed by atoms with E-state index in [9.17, 15) is 13.2 Å². The van der Waals surface area contributed by atoms with Crippen molar-refractivity contribution in [2.24, 2.45) is 0 Å². The highest BCUT2D eigenvalue weighted by Gasteiger charge is 2.31. The van der Waals surface area contributed by atoms with E-state index in [-0.39, 0.29) is 22.7 Å². The number of carbonyl (C=O) groups excluding carboxylic acids is 1. The third kappa shape index (κ3) is 3.41. The summed E-state index contributed by atoms with van der Waals surface area (Å²) in [5.41, 5.74) is 0.253. The quantitative estimate of drug-likeness (QED) is 0.623. The van der Waals surface area contributed by atoms with E-state index < -0.39 is 15.0 Å². The van der Waals surface area contributed by atoms with Crippen LogP contribution in [0.2, 0.25) is 0 Å². The van der Waals surface area contributed by atoms with E-state index in [1.165, 1.54) is 12.3 Å². The fraction of sp³-hybridized carbons (Fsp3) is 0.615. The molecule has 0 aromatic carbocycles. The zero-order valence-corrected chi connectivity index (χ0v) is 12.9. The van der Waals surface area contributed by atoms with Crippen LogP contribution < -0.4 is 0 Å². The van der Waals surface area contributed by atoms with Crippen LogP contribution in [0.3, 0.4) is 0 Å². The van der Waals surface area contributed by atoms with Crippen molar-refractivity contribution in [1.29, 1.82) is 0 Å². The van der Waals surface area contributed by atoms with Crippen molar-refractivity contribution in [3.63, 3.8) is 0 Å². The molecule has 0 N–H and O–H groups in total. The second kappa shape index (κ2) is 5.62. The normalized spacial score (nSPS) is 20.4. The maximum Gasteiger partial charge on any atom is 0.355 e. The van der Waals surface area contributed by atoms with Gasteiger partial charge in [0.05, 0.1) is 13.2 Å². The van der Waals surface area contributed by atoms with Crippen LogP contribution in [0.4, 0.5) is 0 Å². The summed E-state index contributed by atoms with van der Waals surface area (Å²) in [5, 5.41) is 0. The first-order valence-corrected chi connectivity index (χ1v) is 9.21. The SMILES string of the molecule is O=C(OC1CCOCC1)c1cc(S(=O)(=O)Cl)cn1C1CC1. The van der Waals surface area contributed by atoms with Gasteiger partial charge in [0.25, 0.3) is 9.05 Å². The third-order valence-electron chi connectivity index (χ3n) is 3.70. The van der Waals surface area contributed by atoms with Crippen molar-refractivity contribution < 1.29 is 22.7 Å². The Balaban J connectivity index is 1.82. The molecule has 6 nitrogen and oxygen atoms in total. The Morgan fingerprint density at radius 3 is 2.52 bits per heavy atom. The molecule has 21 heavy (non-hydrogen) atoms. The summed E-state index contributed by atoms with van der Waals surface area (Å²) in [5.74, 6) is -0.500. The molecular formula is C13H16ClNO5S. The average molecular weight is 334 g/mol. The number of carbonyl (C=O) groups is 1. The van der Waals surface area contributed by atoms with Crippen LogP contribution in [0.25, 0.3) is 0 Å². The molecule has 0 atom stereocenters. The minimum atomic E-state index is -3.85. The van der Waals surface area contributed by atoms with Gasteiger partial charge in [-0.2, -0.15) is 0 Å². The molecule has 2 fully saturated rings. The predicted molar refractivity (Wildman–Crippen MR) is 75.0 cm³/mol. The van der Waals surface area contributed by atoms with Crippen molar-refractivity contribution in [1.82, 2.24) is 4.57 Å². The van der Waals surface area contributed by atoms with Gasteiger partial charge in [-0.15, -0.1) is 0 Å². The van der Waals surface area contributed by atoms with Crippen LogP contribution in [0.5, 0.6) is 0 Å². The zero-order valence-electron chi connectivity index (χ0n) is 11.3. The smallest absolute Gasteiger partial charge is 0.355 e. The summed E-state index contributed by atoms with van der Waals surface area (Å²) in [6.45, 7) is 1.14. The number of hydrogen-bond donors (Lipinski definition) is 0. The monoisotopic (exact) mass is 333 g/mol. The summed E-state index contributed by atoms with van der Waals surface area (Å²) >= 11 is 0. The molecule has 1 aromatic heterocycles. The number of rotatable bonds is 4. The fourth-order valence-corrected chi connectivity index (χ4v) is 3.16. The lowest BCUT2D eigenvalue weighted by Gasteiger charge is -2.22. The lowest BCUT2D eigenvalue weighted by atomic mass is 10.1. The fourth-order valence-electron chi connectivity index (χ4n) is 2.41. The van der Waals surface area contributed by atoms with Gasteiger partial charge in [-0.05, 0) is 18.9 Å². The van der Waals surface area contributed by atoms with Gasteiger partial charge >= 0.3 is 5.97 Å². The molecule has 2 aliphatic rings. The van der Waals surface area contributed by atoms with E-state index in [1.807, 2.05) is 0 Å². The molecule has 0 bridgehead atoms. The molecule has 1 aliphatic heterocycles. The van der Waals surface area contributed by atoms with E-state index in [0.717, 1.165) is 12.8 Å². The molecule has 1 aliphatic carbocycles. The number of aromatic nitrogens is 1. The lowest BCUT2D eigenvalue weighted by Crippen LogP contribution is -2.27. The van der Waals surface area contributed by atoms with Gasteiger partial charge in [-0.3, -0.25) is 0 Å². The largest absolute Gasteiger partial charge is 0.458 e. The molecule has 0 radical (unpaired) electrons. The summed E-state index contributed by atoms with van der Waals surface area (Å²) in [4.78, 5) is 12.2. The standard InChI is InChI=1S/C13H16ClNO5S/c14-21(17,18)11-7-12(15(8-11)9-1-2-9)13(16)20-10-3-5-19-6-4-10/h7-10H,1-6H2. The molecule has 8 heteroatoms. The number of halogens is 1. The molecule has 3 rings (SSSR count). The Morgan fingerprint density at radius 1 is 1.29 bits per heavy atom. The van der Waals surface area contributed by atoms with Crippen molar-refractivity contribution >= 4 is 25.7 Å². The van der Waals surface area contributed by atoms with Crippen LogP contribution in [0.1, 0.15) is 42.2 Å². The highest BCUT2D eigenvalue weighted by molar-refractivity contribution is 8.13. The Bertz CT molecular complexity index is 644. The molecule has 0 unspecified atom stereocenters. The highest BCUT2D eigenvalue weighted by atomic mass is 35.7. The second-order valence-electron chi connectivity index (χ2n) is 5.35. The van der Waals surface area contributed by atoms with Gasteiger partial charge < -0.3 is 14.0 Å². The minimum absolute atomic E-state index is 0.0602. The topological polar surface area (TPSA) is 74.6 Å². The summed E-state index contributed by atoms with van der Waals surface area (Å²) < 4.78 is 35.2. The first kappa shape index (κ1) is 14.9. The van der Waals surface area contributed by atoms with E-state index in [1.54, 1.807) is 4.57 Å². The van der Waals surface area contributed by atoms with E-state index >= 15 is 0 Å².